The SMILES string of the molecule is Cc1ccc(-c2nn(-c3ccccc3)cc2C(=O)NCCCn2ccccc2=O)cc1. The molecule has 0 saturated heterocycles. The van der Waals surface area contributed by atoms with Gasteiger partial charge in [0.05, 0.1) is 11.3 Å². The predicted molar refractivity (Wildman–Crippen MR) is 121 cm³/mol. The van der Waals surface area contributed by atoms with Crippen LogP contribution in [0.5, 0.6) is 0 Å². The van der Waals surface area contributed by atoms with Gasteiger partial charge < -0.3 is 9.88 Å². The molecule has 0 fully saturated rings. The molecule has 31 heavy (non-hydrogen) atoms. The number of carbonyl (C=O) groups is 1. The molecule has 0 bridgehead atoms. The second-order valence-corrected chi connectivity index (χ2v) is 7.38. The van der Waals surface area contributed by atoms with Crippen molar-refractivity contribution in [2.45, 2.75) is 19.9 Å². The minimum Gasteiger partial charge on any atom is -0.352 e. The number of aryl methyl sites for hydroxylation is 2. The molecule has 4 aromatic rings. The Balaban J connectivity index is 1.53. The summed E-state index contributed by atoms with van der Waals surface area (Å²) in [6.07, 6.45) is 4.17. The number of pyridine rings is 1. The van der Waals surface area contributed by atoms with Crippen LogP contribution in [0.25, 0.3) is 16.9 Å². The van der Waals surface area contributed by atoms with Crippen LogP contribution in [0, 0.1) is 6.92 Å². The number of amides is 1. The maximum atomic E-state index is 13.0. The number of hydrogen-bond donors (Lipinski definition) is 1. The summed E-state index contributed by atoms with van der Waals surface area (Å²) >= 11 is 0. The Bertz CT molecular complexity index is 1220. The minimum atomic E-state index is -0.182. The third kappa shape index (κ3) is 4.80. The van der Waals surface area contributed by atoms with E-state index in [-0.39, 0.29) is 11.5 Å². The average Bonchev–Trinajstić information content (AvgIpc) is 3.24. The first kappa shape index (κ1) is 20.3. The van der Waals surface area contributed by atoms with Crippen molar-refractivity contribution in [3.8, 4) is 16.9 Å². The van der Waals surface area contributed by atoms with Crippen molar-refractivity contribution in [2.24, 2.45) is 0 Å². The molecule has 1 N–H and O–H groups in total. The Kier molecular flexibility index (Phi) is 6.08. The van der Waals surface area contributed by atoms with Gasteiger partial charge >= 0.3 is 0 Å². The molecule has 2 aromatic heterocycles. The molecule has 0 unspecified atom stereocenters. The van der Waals surface area contributed by atoms with Crippen LogP contribution in [0.2, 0.25) is 0 Å². The standard InChI is InChI=1S/C25H24N4O2/c1-19-11-13-20(14-12-19)24-22(18-29(27-24)21-8-3-2-4-9-21)25(31)26-15-7-17-28-16-6-5-10-23(28)30/h2-6,8-14,16,18H,7,15,17H2,1H3,(H,26,31). The van der Waals surface area contributed by atoms with Gasteiger partial charge in [-0.05, 0) is 31.5 Å². The highest BCUT2D eigenvalue weighted by molar-refractivity contribution is 5.99. The summed E-state index contributed by atoms with van der Waals surface area (Å²) in [6, 6.07) is 22.8. The molecule has 0 aliphatic rings. The highest BCUT2D eigenvalue weighted by atomic mass is 16.1. The summed E-state index contributed by atoms with van der Waals surface area (Å²) < 4.78 is 3.37. The van der Waals surface area contributed by atoms with Gasteiger partial charge in [-0.25, -0.2) is 4.68 Å². The van der Waals surface area contributed by atoms with Gasteiger partial charge in [0.15, 0.2) is 0 Å². The fourth-order valence-electron chi connectivity index (χ4n) is 3.37. The fraction of sp³-hybridized carbons (Fsp3) is 0.160. The summed E-state index contributed by atoms with van der Waals surface area (Å²) in [5.41, 5.74) is 4.04. The van der Waals surface area contributed by atoms with Gasteiger partial charge in [0.25, 0.3) is 5.91 Å². The maximum absolute atomic E-state index is 13.0. The van der Waals surface area contributed by atoms with Crippen LogP contribution in [-0.4, -0.2) is 26.8 Å². The van der Waals surface area contributed by atoms with Crippen molar-refractivity contribution in [3.63, 3.8) is 0 Å². The summed E-state index contributed by atoms with van der Waals surface area (Å²) in [6.45, 7) is 3.04. The number of nitrogens with zero attached hydrogens (tertiary/aromatic N) is 3. The van der Waals surface area contributed by atoms with Gasteiger partial charge in [-0.15, -0.1) is 0 Å². The van der Waals surface area contributed by atoms with Crippen LogP contribution in [0.15, 0.2) is 90.0 Å². The van der Waals surface area contributed by atoms with Crippen LogP contribution in [0.3, 0.4) is 0 Å². The zero-order valence-electron chi connectivity index (χ0n) is 17.4. The van der Waals surface area contributed by atoms with Crippen LogP contribution in [-0.2, 0) is 6.54 Å². The van der Waals surface area contributed by atoms with Gasteiger partial charge in [-0.3, -0.25) is 9.59 Å². The molecule has 0 aliphatic carbocycles. The van der Waals surface area contributed by atoms with Crippen molar-refractivity contribution in [1.29, 1.82) is 0 Å². The van der Waals surface area contributed by atoms with Crippen LogP contribution < -0.4 is 10.9 Å². The Morgan fingerprint density at radius 3 is 2.45 bits per heavy atom. The molecule has 0 aliphatic heterocycles. The zero-order valence-corrected chi connectivity index (χ0v) is 17.4. The van der Waals surface area contributed by atoms with Gasteiger partial charge in [-0.2, -0.15) is 5.10 Å². The number of aromatic nitrogens is 3. The first-order valence-electron chi connectivity index (χ1n) is 10.3. The van der Waals surface area contributed by atoms with E-state index in [4.69, 9.17) is 5.10 Å². The highest BCUT2D eigenvalue weighted by Crippen LogP contribution is 2.24. The molecule has 0 saturated carbocycles. The van der Waals surface area contributed by atoms with E-state index < -0.39 is 0 Å². The Labute approximate surface area is 180 Å². The minimum absolute atomic E-state index is 0.0420. The summed E-state index contributed by atoms with van der Waals surface area (Å²) in [7, 11) is 0. The van der Waals surface area contributed by atoms with Crippen LogP contribution >= 0.6 is 0 Å². The lowest BCUT2D eigenvalue weighted by atomic mass is 10.1. The summed E-state index contributed by atoms with van der Waals surface area (Å²) in [5, 5.41) is 7.67. The Morgan fingerprint density at radius 1 is 0.968 bits per heavy atom. The van der Waals surface area contributed by atoms with Gasteiger partial charge in [0.1, 0.15) is 5.69 Å². The molecule has 1 amide bonds. The summed E-state index contributed by atoms with van der Waals surface area (Å²) in [4.78, 5) is 24.8. The third-order valence-electron chi connectivity index (χ3n) is 5.06. The monoisotopic (exact) mass is 412 g/mol. The number of carbonyl (C=O) groups excluding carboxylic acids is 1. The van der Waals surface area contributed by atoms with E-state index in [0.717, 1.165) is 16.8 Å². The van der Waals surface area contributed by atoms with E-state index in [1.165, 1.54) is 6.07 Å². The normalized spacial score (nSPS) is 10.7. The van der Waals surface area contributed by atoms with Crippen molar-refractivity contribution in [1.82, 2.24) is 19.7 Å². The number of nitrogens with one attached hydrogen (secondary N) is 1. The Hall–Kier alpha value is -3.93. The lowest BCUT2D eigenvalue weighted by Gasteiger charge is -2.07. The molecule has 0 atom stereocenters. The van der Waals surface area contributed by atoms with Gasteiger partial charge in [0.2, 0.25) is 5.56 Å². The van der Waals surface area contributed by atoms with E-state index in [2.05, 4.69) is 5.32 Å². The molecule has 0 radical (unpaired) electrons. The summed E-state index contributed by atoms with van der Waals surface area (Å²) in [5.74, 6) is -0.182. The van der Waals surface area contributed by atoms with Crippen LogP contribution in [0.1, 0.15) is 22.3 Å². The van der Waals surface area contributed by atoms with Crippen molar-refractivity contribution < 1.29 is 4.79 Å². The smallest absolute Gasteiger partial charge is 0.255 e. The highest BCUT2D eigenvalue weighted by Gasteiger charge is 2.18. The van der Waals surface area contributed by atoms with E-state index in [1.807, 2.05) is 67.6 Å². The van der Waals surface area contributed by atoms with Crippen molar-refractivity contribution in [3.05, 3.63) is 107 Å². The number of rotatable bonds is 7. The van der Waals surface area contributed by atoms with E-state index in [9.17, 15) is 9.59 Å². The van der Waals surface area contributed by atoms with Gasteiger partial charge in [0, 0.05) is 37.1 Å². The van der Waals surface area contributed by atoms with E-state index in [0.29, 0.717) is 30.8 Å². The lowest BCUT2D eigenvalue weighted by Crippen LogP contribution is -2.27. The first-order valence-corrected chi connectivity index (χ1v) is 10.3. The largest absolute Gasteiger partial charge is 0.352 e. The molecular weight excluding hydrogens is 388 g/mol. The quantitative estimate of drug-likeness (QED) is 0.469. The molecule has 2 aromatic carbocycles. The molecule has 2 heterocycles. The van der Waals surface area contributed by atoms with E-state index >= 15 is 0 Å². The molecule has 156 valence electrons. The molecule has 6 heteroatoms. The second kappa shape index (κ2) is 9.26. The average molecular weight is 412 g/mol. The second-order valence-electron chi connectivity index (χ2n) is 7.38. The number of hydrogen-bond acceptors (Lipinski definition) is 3. The molecule has 4 rings (SSSR count). The molecule has 0 spiro atoms. The fourth-order valence-corrected chi connectivity index (χ4v) is 3.37. The molecule has 6 nitrogen and oxygen atoms in total. The number of benzene rings is 2. The number of para-hydroxylation sites is 1. The zero-order chi connectivity index (χ0) is 21.6. The van der Waals surface area contributed by atoms with Crippen molar-refractivity contribution in [2.75, 3.05) is 6.54 Å². The third-order valence-corrected chi connectivity index (χ3v) is 5.06. The Morgan fingerprint density at radius 2 is 1.71 bits per heavy atom. The first-order chi connectivity index (χ1) is 15.1. The lowest BCUT2D eigenvalue weighted by molar-refractivity contribution is 0.0953. The predicted octanol–water partition coefficient (Wildman–Crippen LogP) is 3.83. The maximum Gasteiger partial charge on any atom is 0.255 e. The van der Waals surface area contributed by atoms with Crippen molar-refractivity contribution >= 4 is 5.91 Å². The van der Waals surface area contributed by atoms with Crippen LogP contribution in [0.4, 0.5) is 0 Å². The van der Waals surface area contributed by atoms with E-state index in [1.54, 1.807) is 27.7 Å². The molecular formula is C25H24N4O2. The van der Waals surface area contributed by atoms with Gasteiger partial charge in [-0.1, -0.05) is 54.1 Å². The topological polar surface area (TPSA) is 68.9 Å².